The molecule has 1 atom stereocenters. The summed E-state index contributed by atoms with van der Waals surface area (Å²) in [5.41, 5.74) is 0.993. The molecule has 0 amide bonds. The van der Waals surface area contributed by atoms with Gasteiger partial charge in [-0.15, -0.1) is 0 Å². The molecule has 0 aromatic heterocycles. The fourth-order valence-electron chi connectivity index (χ4n) is 1.82. The first-order chi connectivity index (χ1) is 8.46. The van der Waals surface area contributed by atoms with Crippen LogP contribution in [0.25, 0.3) is 0 Å². The standard InChI is InChI=1S/C13H20O4S/c1-17-13-6-4-3-5-12(13)9-11(10-14)7-8-18(2,15)16/h3-6,11,14H,7-10H2,1-2H3. The van der Waals surface area contributed by atoms with Gasteiger partial charge >= 0.3 is 0 Å². The summed E-state index contributed by atoms with van der Waals surface area (Å²) in [6.07, 6.45) is 2.30. The van der Waals surface area contributed by atoms with Gasteiger partial charge in [-0.05, 0) is 30.4 Å². The van der Waals surface area contributed by atoms with Crippen LogP contribution in [0.2, 0.25) is 0 Å². The van der Waals surface area contributed by atoms with Crippen molar-refractivity contribution in [1.82, 2.24) is 0 Å². The Labute approximate surface area is 109 Å². The molecule has 1 N–H and O–H groups in total. The predicted molar refractivity (Wildman–Crippen MR) is 71.6 cm³/mol. The molecular formula is C13H20O4S. The largest absolute Gasteiger partial charge is 0.496 e. The van der Waals surface area contributed by atoms with Crippen molar-refractivity contribution >= 4 is 9.84 Å². The van der Waals surface area contributed by atoms with E-state index in [4.69, 9.17) is 4.74 Å². The Morgan fingerprint density at radius 2 is 2.00 bits per heavy atom. The molecule has 18 heavy (non-hydrogen) atoms. The van der Waals surface area contributed by atoms with Crippen LogP contribution in [-0.2, 0) is 16.3 Å². The van der Waals surface area contributed by atoms with Crippen LogP contribution in [0.15, 0.2) is 24.3 Å². The molecule has 0 saturated carbocycles. The van der Waals surface area contributed by atoms with Gasteiger partial charge in [0, 0.05) is 12.9 Å². The molecule has 0 aliphatic carbocycles. The van der Waals surface area contributed by atoms with E-state index in [1.165, 1.54) is 6.26 Å². The van der Waals surface area contributed by atoms with Crippen LogP contribution in [0.4, 0.5) is 0 Å². The van der Waals surface area contributed by atoms with Crippen molar-refractivity contribution in [2.45, 2.75) is 12.8 Å². The summed E-state index contributed by atoms with van der Waals surface area (Å²) in [4.78, 5) is 0. The maximum Gasteiger partial charge on any atom is 0.147 e. The Morgan fingerprint density at radius 3 is 2.56 bits per heavy atom. The predicted octanol–water partition coefficient (Wildman–Crippen LogP) is 1.28. The second-order valence-electron chi connectivity index (χ2n) is 4.48. The summed E-state index contributed by atoms with van der Waals surface area (Å²) in [5, 5.41) is 9.31. The average molecular weight is 272 g/mol. The molecule has 1 aromatic rings. The highest BCUT2D eigenvalue weighted by atomic mass is 32.2. The monoisotopic (exact) mass is 272 g/mol. The molecular weight excluding hydrogens is 252 g/mol. The number of rotatable bonds is 7. The molecule has 4 nitrogen and oxygen atoms in total. The Morgan fingerprint density at radius 1 is 1.33 bits per heavy atom. The minimum Gasteiger partial charge on any atom is -0.496 e. The molecule has 0 aliphatic heterocycles. The van der Waals surface area contributed by atoms with Crippen molar-refractivity contribution in [2.24, 2.45) is 5.92 Å². The number of methoxy groups -OCH3 is 1. The van der Waals surface area contributed by atoms with Crippen LogP contribution < -0.4 is 4.74 Å². The number of sulfone groups is 1. The van der Waals surface area contributed by atoms with E-state index in [0.29, 0.717) is 12.8 Å². The Hall–Kier alpha value is -1.07. The van der Waals surface area contributed by atoms with Crippen LogP contribution in [0.5, 0.6) is 5.75 Å². The van der Waals surface area contributed by atoms with Gasteiger partial charge < -0.3 is 9.84 Å². The van der Waals surface area contributed by atoms with E-state index in [-0.39, 0.29) is 18.3 Å². The zero-order chi connectivity index (χ0) is 13.6. The molecule has 0 aliphatic rings. The van der Waals surface area contributed by atoms with E-state index in [2.05, 4.69) is 0 Å². The van der Waals surface area contributed by atoms with Crippen molar-refractivity contribution < 1.29 is 18.3 Å². The normalized spacial score (nSPS) is 13.3. The molecule has 1 rings (SSSR count). The topological polar surface area (TPSA) is 63.6 Å². The van der Waals surface area contributed by atoms with E-state index < -0.39 is 9.84 Å². The number of para-hydroxylation sites is 1. The molecule has 0 bridgehead atoms. The van der Waals surface area contributed by atoms with Gasteiger partial charge in [0.15, 0.2) is 0 Å². The molecule has 102 valence electrons. The summed E-state index contributed by atoms with van der Waals surface area (Å²) < 4.78 is 27.5. The maximum atomic E-state index is 11.1. The molecule has 1 unspecified atom stereocenters. The Kier molecular flexibility index (Phi) is 5.62. The fourth-order valence-corrected chi connectivity index (χ4v) is 2.58. The first-order valence-corrected chi connectivity index (χ1v) is 7.93. The molecule has 0 spiro atoms. The molecule has 0 heterocycles. The third-order valence-electron chi connectivity index (χ3n) is 2.86. The summed E-state index contributed by atoms with van der Waals surface area (Å²) in [7, 11) is -1.38. The van der Waals surface area contributed by atoms with Crippen molar-refractivity contribution in [3.63, 3.8) is 0 Å². The van der Waals surface area contributed by atoms with Gasteiger partial charge in [0.05, 0.1) is 12.9 Å². The van der Waals surface area contributed by atoms with Crippen LogP contribution in [-0.4, -0.2) is 39.2 Å². The Balaban J connectivity index is 2.68. The lowest BCUT2D eigenvalue weighted by Gasteiger charge is -2.15. The van der Waals surface area contributed by atoms with Gasteiger partial charge in [0.25, 0.3) is 0 Å². The van der Waals surface area contributed by atoms with Crippen LogP contribution >= 0.6 is 0 Å². The van der Waals surface area contributed by atoms with Crippen molar-refractivity contribution in [1.29, 1.82) is 0 Å². The maximum absolute atomic E-state index is 11.1. The summed E-state index contributed by atoms with van der Waals surface area (Å²) in [6, 6.07) is 7.58. The van der Waals surface area contributed by atoms with Crippen molar-refractivity contribution in [2.75, 3.05) is 25.7 Å². The molecule has 5 heteroatoms. The van der Waals surface area contributed by atoms with Crippen molar-refractivity contribution in [3.05, 3.63) is 29.8 Å². The second kappa shape index (κ2) is 6.75. The SMILES string of the molecule is COc1ccccc1CC(CO)CCS(C)(=O)=O. The zero-order valence-corrected chi connectivity index (χ0v) is 11.6. The van der Waals surface area contributed by atoms with E-state index >= 15 is 0 Å². The highest BCUT2D eigenvalue weighted by Gasteiger charge is 2.14. The lowest BCUT2D eigenvalue weighted by molar-refractivity contribution is 0.221. The number of aliphatic hydroxyl groups is 1. The van der Waals surface area contributed by atoms with Gasteiger partial charge in [-0.25, -0.2) is 8.42 Å². The van der Waals surface area contributed by atoms with Gasteiger partial charge in [0.2, 0.25) is 0 Å². The van der Waals surface area contributed by atoms with E-state index in [1.54, 1.807) is 7.11 Å². The number of ether oxygens (including phenoxy) is 1. The van der Waals surface area contributed by atoms with Crippen LogP contribution in [0.1, 0.15) is 12.0 Å². The van der Waals surface area contributed by atoms with Crippen molar-refractivity contribution in [3.8, 4) is 5.75 Å². The zero-order valence-electron chi connectivity index (χ0n) is 10.8. The van der Waals surface area contributed by atoms with E-state index in [9.17, 15) is 13.5 Å². The highest BCUT2D eigenvalue weighted by Crippen LogP contribution is 2.22. The van der Waals surface area contributed by atoms with Gasteiger partial charge in [0.1, 0.15) is 15.6 Å². The Bertz CT molecular complexity index is 468. The third kappa shape index (κ3) is 5.06. The first kappa shape index (κ1) is 15.0. The van der Waals surface area contributed by atoms with Gasteiger partial charge in [-0.2, -0.15) is 0 Å². The number of benzene rings is 1. The van der Waals surface area contributed by atoms with Gasteiger partial charge in [-0.3, -0.25) is 0 Å². The van der Waals surface area contributed by atoms with E-state index in [0.717, 1.165) is 11.3 Å². The summed E-state index contributed by atoms with van der Waals surface area (Å²) in [6.45, 7) is -0.0203. The lowest BCUT2D eigenvalue weighted by Crippen LogP contribution is -2.15. The minimum atomic E-state index is -2.98. The van der Waals surface area contributed by atoms with Crippen LogP contribution in [0.3, 0.4) is 0 Å². The highest BCUT2D eigenvalue weighted by molar-refractivity contribution is 7.90. The third-order valence-corrected chi connectivity index (χ3v) is 3.83. The molecule has 0 saturated heterocycles. The van der Waals surface area contributed by atoms with E-state index in [1.807, 2.05) is 24.3 Å². The average Bonchev–Trinajstić information content (AvgIpc) is 2.33. The second-order valence-corrected chi connectivity index (χ2v) is 6.74. The number of hydrogen-bond acceptors (Lipinski definition) is 4. The quantitative estimate of drug-likeness (QED) is 0.812. The molecule has 0 fully saturated rings. The smallest absolute Gasteiger partial charge is 0.147 e. The van der Waals surface area contributed by atoms with Crippen LogP contribution in [0, 0.1) is 5.92 Å². The van der Waals surface area contributed by atoms with Gasteiger partial charge in [-0.1, -0.05) is 18.2 Å². The lowest BCUT2D eigenvalue weighted by atomic mass is 9.97. The minimum absolute atomic E-state index is 0.0203. The number of hydrogen-bond donors (Lipinski definition) is 1. The molecule has 1 aromatic carbocycles. The fraction of sp³-hybridized carbons (Fsp3) is 0.538. The summed E-state index contributed by atoms with van der Waals surface area (Å²) in [5.74, 6) is 0.819. The first-order valence-electron chi connectivity index (χ1n) is 5.86. The molecule has 0 radical (unpaired) electrons. The number of aliphatic hydroxyl groups excluding tert-OH is 1. The summed E-state index contributed by atoms with van der Waals surface area (Å²) >= 11 is 0.